The molecule has 15 heavy (non-hydrogen) atoms. The minimum absolute atomic E-state index is 0.122. The molecule has 0 amide bonds. The van der Waals surface area contributed by atoms with Crippen LogP contribution in [0.5, 0.6) is 0 Å². The first-order chi connectivity index (χ1) is 7.18. The van der Waals surface area contributed by atoms with Gasteiger partial charge in [-0.15, -0.1) is 0 Å². The normalized spacial score (nSPS) is 10.1. The number of rotatable bonds is 4. The van der Waals surface area contributed by atoms with E-state index in [1.165, 1.54) is 0 Å². The van der Waals surface area contributed by atoms with Gasteiger partial charge in [0.1, 0.15) is 6.61 Å². The topological polar surface area (TPSA) is 63.3 Å². The number of hydrogen-bond donors (Lipinski definition) is 0. The van der Waals surface area contributed by atoms with Crippen molar-refractivity contribution < 1.29 is 19.4 Å². The predicted molar refractivity (Wildman–Crippen MR) is 51.1 cm³/mol. The summed E-state index contributed by atoms with van der Waals surface area (Å²) in [6.45, 7) is 0.122. The molecule has 4 heteroatoms. The Labute approximate surface area is 86.8 Å². The summed E-state index contributed by atoms with van der Waals surface area (Å²) in [7, 11) is 0. The molecule has 4 nitrogen and oxygen atoms in total. The van der Waals surface area contributed by atoms with E-state index in [1.54, 1.807) is 12.1 Å². The summed E-state index contributed by atoms with van der Waals surface area (Å²) in [6.07, 6.45) is 1.45. The first-order valence-electron chi connectivity index (χ1n) is 4.28. The van der Waals surface area contributed by atoms with E-state index >= 15 is 0 Å². The lowest BCUT2D eigenvalue weighted by atomic mass is 10.2. The molecule has 1 rings (SSSR count). The van der Waals surface area contributed by atoms with Crippen LogP contribution in [0.4, 0.5) is 0 Å². The molecule has 1 aromatic rings. The smallest absolute Gasteiger partial charge is 0.379 e. The zero-order valence-electron chi connectivity index (χ0n) is 7.88. The molecule has 1 radical (unpaired) electrons. The molecule has 0 bridgehead atoms. The van der Waals surface area contributed by atoms with E-state index in [9.17, 15) is 14.7 Å². The van der Waals surface area contributed by atoms with E-state index in [-0.39, 0.29) is 6.61 Å². The van der Waals surface area contributed by atoms with Crippen LogP contribution < -0.4 is 0 Å². The second kappa shape index (κ2) is 5.59. The number of carbonyl (C=O) groups excluding carboxylic acids is 2. The summed E-state index contributed by atoms with van der Waals surface area (Å²) in [5.41, 5.74) is 0.840. The number of esters is 1. The predicted octanol–water partition coefficient (Wildman–Crippen LogP) is 1.24. The van der Waals surface area contributed by atoms with Crippen LogP contribution in [0.15, 0.2) is 42.5 Å². The van der Waals surface area contributed by atoms with Crippen molar-refractivity contribution in [3.05, 3.63) is 48.0 Å². The largest absolute Gasteiger partial charge is 0.458 e. The third kappa shape index (κ3) is 4.61. The molecular weight excluding hydrogens is 196 g/mol. The molecule has 0 saturated carbocycles. The molecule has 0 saturated heterocycles. The van der Waals surface area contributed by atoms with Crippen LogP contribution >= 0.6 is 0 Å². The SMILES string of the molecule is [O]C(=O)/C=C/C(=O)OCc1ccccc1. The van der Waals surface area contributed by atoms with Gasteiger partial charge in [0.25, 0.3) is 0 Å². The average molecular weight is 205 g/mol. The van der Waals surface area contributed by atoms with Crippen LogP contribution in [-0.4, -0.2) is 11.9 Å². The molecule has 0 N–H and O–H groups in total. The monoisotopic (exact) mass is 205 g/mol. The minimum Gasteiger partial charge on any atom is -0.458 e. The van der Waals surface area contributed by atoms with Crippen molar-refractivity contribution >= 4 is 11.9 Å². The molecule has 0 aliphatic heterocycles. The quantitative estimate of drug-likeness (QED) is 0.548. The zero-order chi connectivity index (χ0) is 11.1. The molecule has 0 heterocycles. The summed E-state index contributed by atoms with van der Waals surface area (Å²) < 4.78 is 4.76. The van der Waals surface area contributed by atoms with Gasteiger partial charge in [-0.3, -0.25) is 0 Å². The fraction of sp³-hybridized carbons (Fsp3) is 0.0909. The van der Waals surface area contributed by atoms with Crippen LogP contribution in [-0.2, 0) is 26.0 Å². The van der Waals surface area contributed by atoms with Crippen molar-refractivity contribution in [2.24, 2.45) is 0 Å². The van der Waals surface area contributed by atoms with Crippen LogP contribution in [0.25, 0.3) is 0 Å². The van der Waals surface area contributed by atoms with Gasteiger partial charge < -0.3 is 4.74 Å². The number of carbonyl (C=O) groups is 2. The molecule has 0 spiro atoms. The fourth-order valence-electron chi connectivity index (χ4n) is 0.913. The van der Waals surface area contributed by atoms with Crippen molar-refractivity contribution in [2.75, 3.05) is 0 Å². The van der Waals surface area contributed by atoms with E-state index in [4.69, 9.17) is 4.74 Å². The van der Waals surface area contributed by atoms with Gasteiger partial charge in [-0.05, 0) is 5.56 Å². The molecule has 1 aromatic carbocycles. The average Bonchev–Trinajstić information content (AvgIpc) is 2.25. The molecule has 0 aliphatic rings. The van der Waals surface area contributed by atoms with Crippen LogP contribution in [0, 0.1) is 0 Å². The van der Waals surface area contributed by atoms with Gasteiger partial charge in [0.05, 0.1) is 0 Å². The lowest BCUT2D eigenvalue weighted by Gasteiger charge is -2.00. The number of benzene rings is 1. The lowest BCUT2D eigenvalue weighted by molar-refractivity contribution is -0.141. The minimum atomic E-state index is -1.42. The van der Waals surface area contributed by atoms with Crippen molar-refractivity contribution in [3.63, 3.8) is 0 Å². The van der Waals surface area contributed by atoms with Crippen LogP contribution in [0.3, 0.4) is 0 Å². The first kappa shape index (κ1) is 11.0. The van der Waals surface area contributed by atoms with Gasteiger partial charge in [-0.2, -0.15) is 0 Å². The Morgan fingerprint density at radius 1 is 1.13 bits per heavy atom. The molecule has 0 aliphatic carbocycles. The van der Waals surface area contributed by atoms with E-state index in [1.807, 2.05) is 18.2 Å². The standard InChI is InChI=1S/C11H9O4/c12-10(13)6-7-11(14)15-8-9-4-2-1-3-5-9/h1-7H,8H2/b7-6+. The van der Waals surface area contributed by atoms with Gasteiger partial charge in [0.15, 0.2) is 0 Å². The van der Waals surface area contributed by atoms with Gasteiger partial charge in [-0.25, -0.2) is 14.7 Å². The third-order valence-corrected chi connectivity index (χ3v) is 1.58. The highest BCUT2D eigenvalue weighted by molar-refractivity contribution is 5.90. The summed E-state index contributed by atoms with van der Waals surface area (Å²) in [5.74, 6) is -2.13. The van der Waals surface area contributed by atoms with Gasteiger partial charge in [0, 0.05) is 12.2 Å². The Morgan fingerprint density at radius 2 is 1.80 bits per heavy atom. The first-order valence-corrected chi connectivity index (χ1v) is 4.28. The Bertz CT molecular complexity index is 367. The molecule has 0 unspecified atom stereocenters. The Balaban J connectivity index is 2.38. The molecule has 0 fully saturated rings. The highest BCUT2D eigenvalue weighted by Crippen LogP contribution is 2.00. The van der Waals surface area contributed by atoms with Crippen molar-refractivity contribution in [2.45, 2.75) is 6.61 Å². The van der Waals surface area contributed by atoms with Gasteiger partial charge in [0.2, 0.25) is 0 Å². The zero-order valence-corrected chi connectivity index (χ0v) is 7.88. The van der Waals surface area contributed by atoms with Crippen LogP contribution in [0.1, 0.15) is 5.56 Å². The van der Waals surface area contributed by atoms with E-state index < -0.39 is 11.9 Å². The summed E-state index contributed by atoms with van der Waals surface area (Å²) in [5, 5.41) is 9.97. The fourth-order valence-corrected chi connectivity index (χ4v) is 0.913. The highest BCUT2D eigenvalue weighted by atomic mass is 16.5. The Hall–Kier alpha value is -2.10. The highest BCUT2D eigenvalue weighted by Gasteiger charge is 1.99. The molecule has 0 aromatic heterocycles. The third-order valence-electron chi connectivity index (χ3n) is 1.58. The lowest BCUT2D eigenvalue weighted by Crippen LogP contribution is -2.01. The van der Waals surface area contributed by atoms with Crippen molar-refractivity contribution in [1.82, 2.24) is 0 Å². The van der Waals surface area contributed by atoms with Crippen molar-refractivity contribution in [3.8, 4) is 0 Å². The van der Waals surface area contributed by atoms with Crippen LogP contribution in [0.2, 0.25) is 0 Å². The maximum absolute atomic E-state index is 10.9. The second-order valence-electron chi connectivity index (χ2n) is 2.75. The van der Waals surface area contributed by atoms with E-state index in [2.05, 4.69) is 0 Å². The Kier molecular flexibility index (Phi) is 4.09. The number of hydrogen-bond acceptors (Lipinski definition) is 3. The number of ether oxygens (including phenoxy) is 1. The van der Waals surface area contributed by atoms with E-state index in [0.717, 1.165) is 11.6 Å². The molecule has 0 atom stereocenters. The maximum Gasteiger partial charge on any atom is 0.379 e. The summed E-state index contributed by atoms with van der Waals surface area (Å²) in [6, 6.07) is 9.09. The van der Waals surface area contributed by atoms with Crippen molar-refractivity contribution in [1.29, 1.82) is 0 Å². The molecular formula is C11H9O4. The summed E-state index contributed by atoms with van der Waals surface area (Å²) in [4.78, 5) is 20.9. The van der Waals surface area contributed by atoms with E-state index in [0.29, 0.717) is 6.08 Å². The second-order valence-corrected chi connectivity index (χ2v) is 2.75. The summed E-state index contributed by atoms with van der Waals surface area (Å²) >= 11 is 0. The molecule has 77 valence electrons. The maximum atomic E-state index is 10.9. The van der Waals surface area contributed by atoms with Gasteiger partial charge >= 0.3 is 11.9 Å². The Morgan fingerprint density at radius 3 is 2.40 bits per heavy atom. The van der Waals surface area contributed by atoms with Gasteiger partial charge in [-0.1, -0.05) is 30.3 Å².